The third-order valence-corrected chi connectivity index (χ3v) is 3.62. The molecule has 3 nitrogen and oxygen atoms in total. The summed E-state index contributed by atoms with van der Waals surface area (Å²) in [5.74, 6) is -0.299. The number of rotatable bonds is 5. The summed E-state index contributed by atoms with van der Waals surface area (Å²) in [4.78, 5) is 9.54. The molecule has 0 amide bonds. The molecule has 0 saturated heterocycles. The lowest BCUT2D eigenvalue weighted by molar-refractivity contribution is 0.506. The first-order valence-electron chi connectivity index (χ1n) is 5.95. The Morgan fingerprint density at radius 3 is 2.72 bits per heavy atom. The minimum atomic E-state index is -0.299. The molecular weight excluding hydrogens is 249 g/mol. The zero-order chi connectivity index (χ0) is 13.0. The van der Waals surface area contributed by atoms with Crippen molar-refractivity contribution in [1.29, 1.82) is 0 Å². The van der Waals surface area contributed by atoms with Crippen LogP contribution in [0.5, 0.6) is 0 Å². The van der Waals surface area contributed by atoms with Gasteiger partial charge in [-0.05, 0) is 25.5 Å². The van der Waals surface area contributed by atoms with Gasteiger partial charge >= 0.3 is 0 Å². The highest BCUT2D eigenvalue weighted by Crippen LogP contribution is 2.17. The molecule has 2 heterocycles. The second-order valence-electron chi connectivity index (χ2n) is 4.09. The highest BCUT2D eigenvalue weighted by molar-refractivity contribution is 7.11. The van der Waals surface area contributed by atoms with Gasteiger partial charge in [0.1, 0.15) is 5.82 Å². The number of aromatic nitrogens is 2. The normalized spacial score (nSPS) is 12.6. The first-order chi connectivity index (χ1) is 8.69. The van der Waals surface area contributed by atoms with E-state index in [4.69, 9.17) is 0 Å². The molecule has 0 saturated carbocycles. The van der Waals surface area contributed by atoms with Crippen LogP contribution in [0, 0.1) is 12.7 Å². The zero-order valence-corrected chi connectivity index (χ0v) is 11.3. The van der Waals surface area contributed by atoms with Gasteiger partial charge in [0.15, 0.2) is 0 Å². The van der Waals surface area contributed by atoms with Crippen molar-refractivity contribution in [2.75, 3.05) is 0 Å². The molecule has 0 aliphatic rings. The Morgan fingerprint density at radius 2 is 2.17 bits per heavy atom. The predicted molar refractivity (Wildman–Crippen MR) is 70.9 cm³/mol. The van der Waals surface area contributed by atoms with Crippen LogP contribution in [0.3, 0.4) is 0 Å². The predicted octanol–water partition coefficient (Wildman–Crippen LogP) is 3.23. The van der Waals surface area contributed by atoms with Gasteiger partial charge in [-0.3, -0.25) is 4.98 Å². The van der Waals surface area contributed by atoms with Crippen LogP contribution in [0.25, 0.3) is 0 Å². The lowest BCUT2D eigenvalue weighted by Gasteiger charge is -2.15. The summed E-state index contributed by atoms with van der Waals surface area (Å²) in [5, 5.41) is 4.49. The van der Waals surface area contributed by atoms with Gasteiger partial charge in [0.05, 0.1) is 16.9 Å². The van der Waals surface area contributed by atoms with Crippen molar-refractivity contribution in [2.24, 2.45) is 0 Å². The highest BCUT2D eigenvalue weighted by Gasteiger charge is 2.10. The molecule has 0 fully saturated rings. The van der Waals surface area contributed by atoms with E-state index in [-0.39, 0.29) is 11.9 Å². The van der Waals surface area contributed by atoms with Gasteiger partial charge in [-0.2, -0.15) is 0 Å². The summed E-state index contributed by atoms with van der Waals surface area (Å²) in [5.41, 5.74) is 0.875. The minimum absolute atomic E-state index is 0.146. The van der Waals surface area contributed by atoms with E-state index in [9.17, 15) is 4.39 Å². The summed E-state index contributed by atoms with van der Waals surface area (Å²) in [7, 11) is 0. The lowest BCUT2D eigenvalue weighted by atomic mass is 10.1. The Bertz CT molecular complexity index is 495. The first-order valence-corrected chi connectivity index (χ1v) is 6.77. The molecule has 2 aromatic heterocycles. The molecule has 1 atom stereocenters. The summed E-state index contributed by atoms with van der Waals surface area (Å²) in [6, 6.07) is 3.32. The number of aryl methyl sites for hydroxylation is 1. The maximum atomic E-state index is 12.8. The topological polar surface area (TPSA) is 37.8 Å². The van der Waals surface area contributed by atoms with Crippen molar-refractivity contribution >= 4 is 11.3 Å². The molecular formula is C13H16FN3S. The van der Waals surface area contributed by atoms with Crippen molar-refractivity contribution in [3.8, 4) is 0 Å². The summed E-state index contributed by atoms with van der Waals surface area (Å²) in [6.07, 6.45) is 4.06. The number of nitrogens with zero attached hydrogens (tertiary/aromatic N) is 2. The molecule has 5 heteroatoms. The van der Waals surface area contributed by atoms with E-state index < -0.39 is 0 Å². The molecule has 96 valence electrons. The average molecular weight is 265 g/mol. The van der Waals surface area contributed by atoms with Gasteiger partial charge in [-0.1, -0.05) is 6.92 Å². The van der Waals surface area contributed by atoms with Crippen LogP contribution < -0.4 is 5.32 Å². The van der Waals surface area contributed by atoms with Gasteiger partial charge < -0.3 is 5.32 Å². The molecule has 0 aromatic carbocycles. The van der Waals surface area contributed by atoms with E-state index in [1.54, 1.807) is 17.4 Å². The van der Waals surface area contributed by atoms with E-state index >= 15 is 0 Å². The van der Waals surface area contributed by atoms with Crippen LogP contribution >= 0.6 is 11.3 Å². The summed E-state index contributed by atoms with van der Waals surface area (Å²) >= 11 is 1.68. The molecule has 0 spiro atoms. The minimum Gasteiger partial charge on any atom is -0.304 e. The molecule has 1 unspecified atom stereocenters. The molecule has 2 rings (SSSR count). The molecule has 0 bridgehead atoms. The molecule has 0 aliphatic heterocycles. The molecule has 0 radical (unpaired) electrons. The quantitative estimate of drug-likeness (QED) is 0.902. The van der Waals surface area contributed by atoms with E-state index in [1.807, 2.05) is 13.1 Å². The Morgan fingerprint density at radius 1 is 1.33 bits per heavy atom. The SMILES string of the molecule is CCC(NCc1cnc(C)s1)c1ccc(F)cn1. The van der Waals surface area contributed by atoms with E-state index in [2.05, 4.69) is 22.2 Å². The monoisotopic (exact) mass is 265 g/mol. The van der Waals surface area contributed by atoms with Crippen LogP contribution in [0.2, 0.25) is 0 Å². The van der Waals surface area contributed by atoms with Gasteiger partial charge in [0.25, 0.3) is 0 Å². The van der Waals surface area contributed by atoms with E-state index in [1.165, 1.54) is 17.1 Å². The van der Waals surface area contributed by atoms with Crippen LogP contribution in [0.4, 0.5) is 4.39 Å². The largest absolute Gasteiger partial charge is 0.304 e. The molecule has 2 aromatic rings. The average Bonchev–Trinajstić information content (AvgIpc) is 2.78. The number of nitrogens with one attached hydrogen (secondary N) is 1. The number of pyridine rings is 1. The molecule has 0 aliphatic carbocycles. The number of thiazole rings is 1. The Kier molecular flexibility index (Phi) is 4.38. The standard InChI is InChI=1S/C13H16FN3S/c1-3-12(13-5-4-10(14)6-16-13)17-8-11-7-15-9(2)18-11/h4-7,12,17H,3,8H2,1-2H3. The summed E-state index contributed by atoms with van der Waals surface area (Å²) < 4.78 is 12.8. The van der Waals surface area contributed by atoms with E-state index in [0.29, 0.717) is 0 Å². The van der Waals surface area contributed by atoms with Gasteiger partial charge in [0, 0.05) is 23.7 Å². The first kappa shape index (κ1) is 13.1. The third-order valence-electron chi connectivity index (χ3n) is 2.71. The highest BCUT2D eigenvalue weighted by atomic mass is 32.1. The van der Waals surface area contributed by atoms with Crippen LogP contribution in [-0.2, 0) is 6.54 Å². The van der Waals surface area contributed by atoms with Crippen molar-refractivity contribution < 1.29 is 4.39 Å². The van der Waals surface area contributed by atoms with Crippen LogP contribution in [0.1, 0.15) is 35.0 Å². The smallest absolute Gasteiger partial charge is 0.141 e. The number of hydrogen-bond donors (Lipinski definition) is 1. The maximum Gasteiger partial charge on any atom is 0.141 e. The Labute approximate surface area is 110 Å². The van der Waals surface area contributed by atoms with Crippen LogP contribution in [-0.4, -0.2) is 9.97 Å². The van der Waals surface area contributed by atoms with Gasteiger partial charge in [0.2, 0.25) is 0 Å². The second-order valence-corrected chi connectivity index (χ2v) is 5.41. The molecule has 1 N–H and O–H groups in total. The number of halogens is 1. The Balaban J connectivity index is 1.99. The van der Waals surface area contributed by atoms with Crippen LogP contribution in [0.15, 0.2) is 24.5 Å². The Hall–Kier alpha value is -1.33. The summed E-state index contributed by atoms with van der Waals surface area (Å²) in [6.45, 7) is 4.84. The molecule has 18 heavy (non-hydrogen) atoms. The van der Waals surface area contributed by atoms with Gasteiger partial charge in [-0.25, -0.2) is 9.37 Å². The fourth-order valence-corrected chi connectivity index (χ4v) is 2.51. The van der Waals surface area contributed by atoms with Crippen molar-refractivity contribution in [1.82, 2.24) is 15.3 Å². The lowest BCUT2D eigenvalue weighted by Crippen LogP contribution is -2.20. The third kappa shape index (κ3) is 3.34. The van der Waals surface area contributed by atoms with Gasteiger partial charge in [-0.15, -0.1) is 11.3 Å². The van der Waals surface area contributed by atoms with Crippen molar-refractivity contribution in [2.45, 2.75) is 32.9 Å². The van der Waals surface area contributed by atoms with Crippen molar-refractivity contribution in [3.63, 3.8) is 0 Å². The van der Waals surface area contributed by atoms with Crippen molar-refractivity contribution in [3.05, 3.63) is 45.9 Å². The maximum absolute atomic E-state index is 12.8. The zero-order valence-electron chi connectivity index (χ0n) is 10.5. The number of hydrogen-bond acceptors (Lipinski definition) is 4. The van der Waals surface area contributed by atoms with E-state index in [0.717, 1.165) is 23.7 Å². The fraction of sp³-hybridized carbons (Fsp3) is 0.385. The fourth-order valence-electron chi connectivity index (χ4n) is 1.76. The second kappa shape index (κ2) is 6.02.